The van der Waals surface area contributed by atoms with E-state index in [2.05, 4.69) is 16.2 Å². The molecule has 1 amide bonds. The molecule has 1 fully saturated rings. The minimum atomic E-state index is -0.287. The number of nitriles is 1. The minimum absolute atomic E-state index is 0.120. The monoisotopic (exact) mass is 331 g/mol. The number of aromatic nitrogens is 3. The van der Waals surface area contributed by atoms with Gasteiger partial charge in [-0.3, -0.25) is 9.78 Å². The number of ketones is 1. The number of pyridine rings is 1. The number of fused-ring (bicyclic) bond motifs is 2. The van der Waals surface area contributed by atoms with E-state index in [1.807, 2.05) is 12.1 Å². The van der Waals surface area contributed by atoms with Crippen molar-refractivity contribution in [3.63, 3.8) is 0 Å². The normalized spacial score (nSPS) is 17.5. The maximum atomic E-state index is 12.8. The van der Waals surface area contributed by atoms with Crippen LogP contribution in [0.1, 0.15) is 27.4 Å². The highest BCUT2D eigenvalue weighted by atomic mass is 16.2. The molecule has 7 nitrogen and oxygen atoms in total. The molecule has 122 valence electrons. The van der Waals surface area contributed by atoms with Gasteiger partial charge in [-0.25, -0.2) is 4.79 Å². The van der Waals surface area contributed by atoms with Gasteiger partial charge in [0.25, 0.3) is 0 Å². The average Bonchev–Trinajstić information content (AvgIpc) is 3.14. The summed E-state index contributed by atoms with van der Waals surface area (Å²) in [6.45, 7) is 2.61. The van der Waals surface area contributed by atoms with Crippen molar-refractivity contribution in [3.8, 4) is 17.2 Å². The number of allylic oxidation sites excluding steroid dienone is 2. The third-order valence-electron chi connectivity index (χ3n) is 5.16. The van der Waals surface area contributed by atoms with Crippen molar-refractivity contribution in [2.24, 2.45) is 5.92 Å². The maximum absolute atomic E-state index is 12.8. The van der Waals surface area contributed by atoms with E-state index in [1.165, 1.54) is 4.68 Å². The molecule has 0 saturated carbocycles. The standard InChI is InChI=1S/C18H13N5O2/c1-9-14-11-4-5-20-13-3-2-12(15(11)13)17(24)16(14)21-23(9)18(25)22-7-10(6-19)8-22/h2,4-5,10H,3,7-8H2,1H3. The van der Waals surface area contributed by atoms with Gasteiger partial charge in [0.1, 0.15) is 5.69 Å². The average molecular weight is 331 g/mol. The van der Waals surface area contributed by atoms with E-state index >= 15 is 0 Å². The summed E-state index contributed by atoms with van der Waals surface area (Å²) in [6.07, 6.45) is 4.27. The largest absolute Gasteiger partial charge is 0.345 e. The van der Waals surface area contributed by atoms with Gasteiger partial charge in [-0.15, -0.1) is 0 Å². The Morgan fingerprint density at radius 3 is 2.92 bits per heavy atom. The lowest BCUT2D eigenvalue weighted by Crippen LogP contribution is -2.51. The SMILES string of the molecule is Cc1c2c(nn1C(=O)N1CC(C#N)C1)C(=O)C1=CCc3nccc-2c31. The predicted molar refractivity (Wildman–Crippen MR) is 87.7 cm³/mol. The fraction of sp³-hybridized carbons (Fsp3) is 0.278. The van der Waals surface area contributed by atoms with E-state index in [1.54, 1.807) is 18.0 Å². The highest BCUT2D eigenvalue weighted by Crippen LogP contribution is 2.44. The lowest BCUT2D eigenvalue weighted by Gasteiger charge is -2.34. The molecule has 3 aliphatic rings. The van der Waals surface area contributed by atoms with Crippen molar-refractivity contribution in [1.82, 2.24) is 19.7 Å². The zero-order valence-corrected chi connectivity index (χ0v) is 13.5. The van der Waals surface area contributed by atoms with Gasteiger partial charge in [-0.05, 0) is 18.6 Å². The van der Waals surface area contributed by atoms with Crippen molar-refractivity contribution >= 4 is 17.4 Å². The first kappa shape index (κ1) is 14.1. The molecule has 0 aromatic carbocycles. The van der Waals surface area contributed by atoms with Crippen LogP contribution >= 0.6 is 0 Å². The molecule has 1 saturated heterocycles. The molecule has 1 aliphatic heterocycles. The summed E-state index contributed by atoms with van der Waals surface area (Å²) in [4.78, 5) is 31.5. The van der Waals surface area contributed by atoms with E-state index < -0.39 is 0 Å². The number of hydrogen-bond donors (Lipinski definition) is 0. The van der Waals surface area contributed by atoms with Crippen molar-refractivity contribution in [2.75, 3.05) is 13.1 Å². The Kier molecular flexibility index (Phi) is 2.61. The van der Waals surface area contributed by atoms with Crippen LogP contribution in [0.5, 0.6) is 0 Å². The quantitative estimate of drug-likeness (QED) is 0.734. The number of likely N-dealkylation sites (tertiary alicyclic amines) is 1. The molecule has 0 N–H and O–H groups in total. The zero-order chi connectivity index (χ0) is 17.3. The van der Waals surface area contributed by atoms with Gasteiger partial charge in [-0.2, -0.15) is 15.0 Å². The Balaban J connectivity index is 1.65. The second-order valence-corrected chi connectivity index (χ2v) is 6.57. The highest BCUT2D eigenvalue weighted by molar-refractivity contribution is 6.34. The summed E-state index contributed by atoms with van der Waals surface area (Å²) in [5.41, 5.74) is 5.00. The van der Waals surface area contributed by atoms with Gasteiger partial charge in [-0.1, -0.05) is 6.08 Å². The summed E-state index contributed by atoms with van der Waals surface area (Å²) in [7, 11) is 0. The van der Waals surface area contributed by atoms with E-state index in [0.29, 0.717) is 42.0 Å². The third-order valence-corrected chi connectivity index (χ3v) is 5.16. The Morgan fingerprint density at radius 1 is 1.36 bits per heavy atom. The number of Topliss-reactive ketones (excluding diaryl/α,β-unsaturated/α-hetero) is 1. The third kappa shape index (κ3) is 1.68. The lowest BCUT2D eigenvalue weighted by molar-refractivity contribution is 0.105. The molecule has 5 rings (SSSR count). The molecule has 2 aliphatic carbocycles. The number of amides is 1. The number of rotatable bonds is 0. The van der Waals surface area contributed by atoms with Gasteiger partial charge < -0.3 is 4.90 Å². The Hall–Kier alpha value is -3.27. The lowest BCUT2D eigenvalue weighted by atomic mass is 9.86. The molecule has 2 aromatic rings. The molecule has 0 bridgehead atoms. The molecule has 2 aromatic heterocycles. The molecule has 7 heteroatoms. The zero-order valence-electron chi connectivity index (χ0n) is 13.5. The molecular formula is C18H13N5O2. The van der Waals surface area contributed by atoms with Crippen LogP contribution in [-0.2, 0) is 6.42 Å². The molecule has 0 atom stereocenters. The number of nitrogens with zero attached hydrogens (tertiary/aromatic N) is 5. The van der Waals surface area contributed by atoms with Gasteiger partial charge in [0.2, 0.25) is 5.78 Å². The summed E-state index contributed by atoms with van der Waals surface area (Å²) in [5.74, 6) is -0.270. The van der Waals surface area contributed by atoms with Crippen LogP contribution in [0.2, 0.25) is 0 Å². The van der Waals surface area contributed by atoms with E-state index in [0.717, 1.165) is 16.8 Å². The Morgan fingerprint density at radius 2 is 2.16 bits per heavy atom. The smallest absolute Gasteiger partial charge is 0.320 e. The second-order valence-electron chi connectivity index (χ2n) is 6.57. The van der Waals surface area contributed by atoms with Crippen molar-refractivity contribution in [2.45, 2.75) is 13.3 Å². The minimum Gasteiger partial charge on any atom is -0.320 e. The maximum Gasteiger partial charge on any atom is 0.345 e. The fourth-order valence-corrected chi connectivity index (χ4v) is 3.82. The van der Waals surface area contributed by atoms with Gasteiger partial charge in [0.05, 0.1) is 23.4 Å². The number of hydrogen-bond acceptors (Lipinski definition) is 5. The molecule has 25 heavy (non-hydrogen) atoms. The van der Waals surface area contributed by atoms with Crippen LogP contribution < -0.4 is 0 Å². The summed E-state index contributed by atoms with van der Waals surface area (Å²) in [6, 6.07) is 3.74. The van der Waals surface area contributed by atoms with Crippen LogP contribution in [0.25, 0.3) is 16.7 Å². The molecular weight excluding hydrogens is 318 g/mol. The van der Waals surface area contributed by atoms with Crippen LogP contribution in [-0.4, -0.2) is 44.6 Å². The fourth-order valence-electron chi connectivity index (χ4n) is 3.82. The molecule has 0 radical (unpaired) electrons. The Bertz CT molecular complexity index is 1050. The first-order chi connectivity index (χ1) is 12.1. The van der Waals surface area contributed by atoms with Crippen molar-refractivity contribution in [1.29, 1.82) is 5.26 Å². The summed E-state index contributed by atoms with van der Waals surface area (Å²) < 4.78 is 1.30. The molecule has 0 unspecified atom stereocenters. The van der Waals surface area contributed by atoms with Gasteiger partial charge in [0, 0.05) is 42.4 Å². The van der Waals surface area contributed by atoms with Crippen LogP contribution in [0.15, 0.2) is 18.3 Å². The molecule has 0 spiro atoms. The number of carbonyl (C=O) groups is 2. The van der Waals surface area contributed by atoms with Crippen molar-refractivity contribution in [3.05, 3.63) is 41.0 Å². The van der Waals surface area contributed by atoms with Crippen LogP contribution in [0.4, 0.5) is 4.79 Å². The Labute approximate surface area is 143 Å². The predicted octanol–water partition coefficient (Wildman–Crippen LogP) is 1.81. The van der Waals surface area contributed by atoms with Crippen LogP contribution in [0.3, 0.4) is 0 Å². The van der Waals surface area contributed by atoms with E-state index in [9.17, 15) is 9.59 Å². The van der Waals surface area contributed by atoms with Gasteiger partial charge in [0.15, 0.2) is 0 Å². The number of carbonyl (C=O) groups excluding carboxylic acids is 2. The van der Waals surface area contributed by atoms with Crippen LogP contribution in [0, 0.1) is 24.2 Å². The van der Waals surface area contributed by atoms with Gasteiger partial charge >= 0.3 is 6.03 Å². The molecule has 3 heterocycles. The second kappa shape index (κ2) is 4.63. The summed E-state index contributed by atoms with van der Waals surface area (Å²) >= 11 is 0. The van der Waals surface area contributed by atoms with E-state index in [-0.39, 0.29) is 17.7 Å². The first-order valence-electron chi connectivity index (χ1n) is 8.12. The van der Waals surface area contributed by atoms with Crippen molar-refractivity contribution < 1.29 is 9.59 Å². The highest BCUT2D eigenvalue weighted by Gasteiger charge is 2.39. The van der Waals surface area contributed by atoms with E-state index in [4.69, 9.17) is 5.26 Å². The topological polar surface area (TPSA) is 91.9 Å². The first-order valence-corrected chi connectivity index (χ1v) is 8.12. The summed E-state index contributed by atoms with van der Waals surface area (Å²) in [5, 5.41) is 13.2.